The summed E-state index contributed by atoms with van der Waals surface area (Å²) in [6.07, 6.45) is 12.8. The van der Waals surface area contributed by atoms with Gasteiger partial charge in [0.25, 0.3) is 0 Å². The Morgan fingerprint density at radius 3 is 2.32 bits per heavy atom. The minimum Gasteiger partial charge on any atom is -0.356 e. The van der Waals surface area contributed by atoms with Crippen molar-refractivity contribution >= 4 is 16.5 Å². The summed E-state index contributed by atoms with van der Waals surface area (Å²) in [6, 6.07) is 0. The summed E-state index contributed by atoms with van der Waals surface area (Å²) >= 11 is 0. The van der Waals surface area contributed by atoms with Gasteiger partial charge in [0.15, 0.2) is 0 Å². The number of hydrogen-bond donors (Lipinski definition) is 1. The van der Waals surface area contributed by atoms with Crippen molar-refractivity contribution in [3.05, 3.63) is 22.9 Å². The van der Waals surface area contributed by atoms with Gasteiger partial charge < -0.3 is 4.65 Å². The summed E-state index contributed by atoms with van der Waals surface area (Å²) in [5, 5.41) is 1.77. The minimum absolute atomic E-state index is 1.18. The van der Waals surface area contributed by atoms with E-state index in [9.17, 15) is 0 Å². The van der Waals surface area contributed by atoms with E-state index in [4.69, 9.17) is 0 Å². The van der Waals surface area contributed by atoms with Gasteiger partial charge in [0.2, 0.25) is 0 Å². The Morgan fingerprint density at radius 1 is 1.05 bits per heavy atom. The van der Waals surface area contributed by atoms with Crippen LogP contribution in [0.5, 0.6) is 0 Å². The van der Waals surface area contributed by atoms with E-state index in [1.807, 2.05) is 0 Å². The lowest BCUT2D eigenvalue weighted by Gasteiger charge is -2.34. The van der Waals surface area contributed by atoms with Gasteiger partial charge >= 0.3 is 0 Å². The first-order chi connectivity index (χ1) is 8.76. The van der Waals surface area contributed by atoms with Crippen LogP contribution in [-0.4, -0.2) is 16.5 Å². The molecule has 0 aromatic heterocycles. The van der Waals surface area contributed by atoms with E-state index in [0.717, 1.165) is 0 Å². The van der Waals surface area contributed by atoms with Crippen molar-refractivity contribution in [2.24, 2.45) is 0 Å². The lowest BCUT2D eigenvalue weighted by Crippen LogP contribution is -2.58. The molecule has 0 unspecified atom stereocenters. The van der Waals surface area contributed by atoms with Crippen molar-refractivity contribution in [1.82, 2.24) is 4.65 Å². The third-order valence-corrected chi connectivity index (χ3v) is 11.3. The van der Waals surface area contributed by atoms with Gasteiger partial charge in [-0.2, -0.15) is 0 Å². The lowest BCUT2D eigenvalue weighted by molar-refractivity contribution is 0.667. The average Bonchev–Trinajstić information content (AvgIpc) is 2.70. The summed E-state index contributed by atoms with van der Waals surface area (Å²) in [7, 11) is -2.59. The van der Waals surface area contributed by atoms with Gasteiger partial charge in [-0.25, -0.2) is 0 Å². The summed E-state index contributed by atoms with van der Waals surface area (Å²) in [5.41, 5.74) is 1.67. The van der Waals surface area contributed by atoms with Crippen LogP contribution in [0.2, 0.25) is 32.7 Å². The van der Waals surface area contributed by atoms with Crippen LogP contribution in [0.1, 0.15) is 45.4 Å². The second-order valence-corrected chi connectivity index (χ2v) is 16.8. The van der Waals surface area contributed by atoms with Gasteiger partial charge in [-0.15, -0.1) is 0 Å². The van der Waals surface area contributed by atoms with Crippen LogP contribution >= 0.6 is 0 Å². The molecule has 0 aliphatic heterocycles. The summed E-state index contributed by atoms with van der Waals surface area (Å²) in [4.78, 5) is 0. The molecule has 0 bridgehead atoms. The van der Waals surface area contributed by atoms with Gasteiger partial charge in [-0.1, -0.05) is 81.8 Å². The number of hydrogen-bond acceptors (Lipinski definition) is 1. The highest BCUT2D eigenvalue weighted by Crippen LogP contribution is 2.30. The van der Waals surface area contributed by atoms with E-state index in [2.05, 4.69) is 56.5 Å². The molecule has 110 valence electrons. The Labute approximate surface area is 122 Å². The molecule has 1 rings (SSSR count). The molecule has 0 saturated carbocycles. The minimum atomic E-state index is -1.41. The molecule has 0 fully saturated rings. The standard InChI is InChI=1S/C16H33NSi2/c1-7-8-9-10-12-15-13-11-14-16(15)19(5,6)17-18(2,3)4/h11,13,17H,7-10,12,14H2,1-6H3. The molecule has 0 radical (unpaired) electrons. The zero-order valence-electron chi connectivity index (χ0n) is 13.9. The molecule has 0 saturated heterocycles. The Morgan fingerprint density at radius 2 is 1.74 bits per heavy atom. The predicted molar refractivity (Wildman–Crippen MR) is 93.5 cm³/mol. The maximum atomic E-state index is 4.05. The largest absolute Gasteiger partial charge is 0.356 e. The third-order valence-electron chi connectivity index (χ3n) is 3.77. The van der Waals surface area contributed by atoms with Crippen LogP contribution in [0.25, 0.3) is 0 Å². The summed E-state index contributed by atoms with van der Waals surface area (Å²) in [5.74, 6) is 0. The van der Waals surface area contributed by atoms with Crippen molar-refractivity contribution in [3.8, 4) is 0 Å². The van der Waals surface area contributed by atoms with Gasteiger partial charge in [0, 0.05) is 0 Å². The summed E-state index contributed by atoms with van der Waals surface area (Å²) in [6.45, 7) is 14.6. The molecule has 3 heteroatoms. The van der Waals surface area contributed by atoms with Crippen molar-refractivity contribution in [3.63, 3.8) is 0 Å². The average molecular weight is 296 g/mol. The van der Waals surface area contributed by atoms with Gasteiger partial charge in [-0.3, -0.25) is 0 Å². The fourth-order valence-electron chi connectivity index (χ4n) is 3.20. The first kappa shape index (κ1) is 16.9. The van der Waals surface area contributed by atoms with Crippen LogP contribution < -0.4 is 4.65 Å². The van der Waals surface area contributed by atoms with Crippen molar-refractivity contribution in [2.75, 3.05) is 0 Å². The van der Waals surface area contributed by atoms with Crippen LogP contribution in [0.3, 0.4) is 0 Å². The quantitative estimate of drug-likeness (QED) is 0.468. The Balaban J connectivity index is 2.67. The van der Waals surface area contributed by atoms with Gasteiger partial charge in [0.05, 0.1) is 0 Å². The Kier molecular flexibility index (Phi) is 6.28. The SMILES string of the molecule is CCCCCCC1=C([Si](C)(C)N[Si](C)(C)C)CC=C1. The molecule has 19 heavy (non-hydrogen) atoms. The molecule has 0 aromatic carbocycles. The van der Waals surface area contributed by atoms with E-state index < -0.39 is 16.5 Å². The van der Waals surface area contributed by atoms with E-state index in [1.165, 1.54) is 38.5 Å². The van der Waals surface area contributed by atoms with Gasteiger partial charge in [0.1, 0.15) is 16.5 Å². The predicted octanol–water partition coefficient (Wildman–Crippen LogP) is 5.38. The lowest BCUT2D eigenvalue weighted by atomic mass is 10.1. The van der Waals surface area contributed by atoms with E-state index in [0.29, 0.717) is 0 Å². The Bertz CT molecular complexity index is 348. The van der Waals surface area contributed by atoms with Gasteiger partial charge in [-0.05, 0) is 19.3 Å². The first-order valence-corrected chi connectivity index (χ1v) is 14.4. The highest BCUT2D eigenvalue weighted by Gasteiger charge is 2.33. The smallest absolute Gasteiger partial charge is 0.141 e. The fraction of sp³-hybridized carbons (Fsp3) is 0.750. The fourth-order valence-corrected chi connectivity index (χ4v) is 12.9. The van der Waals surface area contributed by atoms with Crippen LogP contribution in [0.15, 0.2) is 22.9 Å². The molecule has 0 spiro atoms. The molecule has 0 heterocycles. The van der Waals surface area contributed by atoms with Crippen molar-refractivity contribution < 1.29 is 0 Å². The Hall–Kier alpha value is -0.126. The molecule has 0 amide bonds. The van der Waals surface area contributed by atoms with Crippen LogP contribution in [0, 0.1) is 0 Å². The van der Waals surface area contributed by atoms with Crippen LogP contribution in [0.4, 0.5) is 0 Å². The monoisotopic (exact) mass is 295 g/mol. The maximum Gasteiger partial charge on any atom is 0.141 e. The number of rotatable bonds is 8. The van der Waals surface area contributed by atoms with Crippen LogP contribution in [-0.2, 0) is 0 Å². The molecular weight excluding hydrogens is 262 g/mol. The first-order valence-electron chi connectivity index (χ1n) is 7.94. The number of nitrogens with one attached hydrogen (secondary N) is 1. The van der Waals surface area contributed by atoms with E-state index >= 15 is 0 Å². The van der Waals surface area contributed by atoms with E-state index in [-0.39, 0.29) is 0 Å². The third kappa shape index (κ3) is 5.80. The van der Waals surface area contributed by atoms with Crippen molar-refractivity contribution in [2.45, 2.75) is 78.2 Å². The van der Waals surface area contributed by atoms with E-state index in [1.54, 1.807) is 10.8 Å². The molecule has 1 N–H and O–H groups in total. The molecule has 1 nitrogen and oxygen atoms in total. The zero-order valence-corrected chi connectivity index (χ0v) is 15.9. The second-order valence-electron chi connectivity index (χ2n) is 7.42. The zero-order chi connectivity index (χ0) is 14.5. The number of unbranched alkanes of at least 4 members (excludes halogenated alkanes) is 3. The second kappa shape index (κ2) is 7.05. The summed E-state index contributed by atoms with van der Waals surface area (Å²) < 4.78 is 4.05. The molecule has 1 aliphatic carbocycles. The highest BCUT2D eigenvalue weighted by atomic mass is 28.4. The normalized spacial score (nSPS) is 16.5. The molecule has 0 atom stereocenters. The molecule has 0 aromatic rings. The molecule has 1 aliphatic rings. The number of allylic oxidation sites excluding steroid dienone is 4. The molecular formula is C16H33NSi2. The van der Waals surface area contributed by atoms with Crippen molar-refractivity contribution in [1.29, 1.82) is 0 Å². The maximum absolute atomic E-state index is 4.05. The highest BCUT2D eigenvalue weighted by molar-refractivity contribution is 6.94. The topological polar surface area (TPSA) is 12.0 Å².